The molecule has 0 aliphatic heterocycles. The van der Waals surface area contributed by atoms with Gasteiger partial charge in [0.15, 0.2) is 0 Å². The quantitative estimate of drug-likeness (QED) is 0.867. The molecule has 108 valence electrons. The van der Waals surface area contributed by atoms with Crippen LogP contribution in [0.1, 0.15) is 19.4 Å². The van der Waals surface area contributed by atoms with Gasteiger partial charge in [-0.3, -0.25) is 9.69 Å². The van der Waals surface area contributed by atoms with Crippen LogP contribution in [-0.2, 0) is 4.79 Å². The predicted molar refractivity (Wildman–Crippen MR) is 84.4 cm³/mol. The summed E-state index contributed by atoms with van der Waals surface area (Å²) in [5.41, 5.74) is 1.84. The monoisotopic (exact) mass is 337 g/mol. The third-order valence-electron chi connectivity index (χ3n) is 3.03. The highest BCUT2D eigenvalue weighted by Crippen LogP contribution is 2.19. The molecule has 1 aromatic carbocycles. The van der Waals surface area contributed by atoms with Crippen LogP contribution >= 0.6 is 15.9 Å². The van der Waals surface area contributed by atoms with Crippen molar-refractivity contribution < 1.29 is 4.79 Å². The minimum Gasteiger partial charge on any atom is -0.325 e. The number of rotatable bonds is 6. The molecule has 0 aliphatic carbocycles. The van der Waals surface area contributed by atoms with Gasteiger partial charge in [0.25, 0.3) is 0 Å². The van der Waals surface area contributed by atoms with Crippen molar-refractivity contribution in [2.45, 2.75) is 20.8 Å². The van der Waals surface area contributed by atoms with E-state index in [9.17, 15) is 4.79 Å². The molecular weight excluding hydrogens is 318 g/mol. The van der Waals surface area contributed by atoms with E-state index < -0.39 is 0 Å². The summed E-state index contributed by atoms with van der Waals surface area (Å²) in [5.74, 6) is -0.125. The highest BCUT2D eigenvalue weighted by Gasteiger charge is 2.13. The molecule has 1 aromatic rings. The fraction of sp³-hybridized carbons (Fsp3) is 0.467. The van der Waals surface area contributed by atoms with E-state index in [4.69, 9.17) is 5.26 Å². The number of nitrogens with zero attached hydrogens (tertiary/aromatic N) is 2. The molecule has 1 unspecified atom stereocenters. The lowest BCUT2D eigenvalue weighted by Crippen LogP contribution is -2.35. The van der Waals surface area contributed by atoms with Crippen LogP contribution < -0.4 is 5.32 Å². The maximum absolute atomic E-state index is 12.0. The van der Waals surface area contributed by atoms with Gasteiger partial charge < -0.3 is 5.32 Å². The third kappa shape index (κ3) is 5.32. The fourth-order valence-corrected chi connectivity index (χ4v) is 2.37. The Kier molecular flexibility index (Phi) is 6.69. The molecule has 0 saturated carbocycles. The Morgan fingerprint density at radius 2 is 2.25 bits per heavy atom. The predicted octanol–water partition coefficient (Wildman–Crippen LogP) is 3.18. The Morgan fingerprint density at radius 3 is 2.80 bits per heavy atom. The molecule has 0 spiro atoms. The number of carbonyl (C=O) groups is 1. The maximum atomic E-state index is 12.0. The first kappa shape index (κ1) is 16.7. The van der Waals surface area contributed by atoms with E-state index in [1.165, 1.54) is 0 Å². The van der Waals surface area contributed by atoms with Crippen LogP contribution in [0.15, 0.2) is 22.7 Å². The normalized spacial score (nSPS) is 12.0. The van der Waals surface area contributed by atoms with Crippen molar-refractivity contribution in [3.05, 3.63) is 28.2 Å². The lowest BCUT2D eigenvalue weighted by atomic mass is 10.2. The molecule has 1 amide bonds. The Bertz CT molecular complexity index is 510. The molecule has 0 saturated heterocycles. The second-order valence-electron chi connectivity index (χ2n) is 4.87. The van der Waals surface area contributed by atoms with Crippen molar-refractivity contribution in [3.63, 3.8) is 0 Å². The van der Waals surface area contributed by atoms with Crippen LogP contribution in [0.25, 0.3) is 0 Å². The molecule has 1 rings (SSSR count). The summed E-state index contributed by atoms with van der Waals surface area (Å²) < 4.78 is 0.992. The molecule has 1 atom stereocenters. The molecule has 0 aromatic heterocycles. The molecule has 1 N–H and O–H groups in total. The standard InChI is InChI=1S/C15H20BrN3O/c1-4-19(9-11(2)8-17)10-15(20)18-14-6-5-13(16)7-12(14)3/h5-7,11H,4,9-10H2,1-3H3,(H,18,20). The number of anilines is 1. The minimum absolute atomic E-state index is 0.0533. The van der Waals surface area contributed by atoms with Gasteiger partial charge in [-0.05, 0) is 44.2 Å². The average Bonchev–Trinajstić information content (AvgIpc) is 2.41. The summed E-state index contributed by atoms with van der Waals surface area (Å²) >= 11 is 3.40. The number of nitrogens with one attached hydrogen (secondary N) is 1. The zero-order valence-electron chi connectivity index (χ0n) is 12.1. The molecule has 0 heterocycles. The number of nitriles is 1. The van der Waals surface area contributed by atoms with Crippen LogP contribution in [0.3, 0.4) is 0 Å². The summed E-state index contributed by atoms with van der Waals surface area (Å²) in [6.45, 7) is 7.47. The van der Waals surface area contributed by atoms with Gasteiger partial charge in [0.05, 0.1) is 18.5 Å². The number of hydrogen-bond donors (Lipinski definition) is 1. The second kappa shape index (κ2) is 8.03. The number of carbonyl (C=O) groups excluding carboxylic acids is 1. The van der Waals surface area contributed by atoms with Gasteiger partial charge >= 0.3 is 0 Å². The van der Waals surface area contributed by atoms with Gasteiger partial charge in [-0.2, -0.15) is 5.26 Å². The van der Waals surface area contributed by atoms with Gasteiger partial charge in [0.1, 0.15) is 0 Å². The second-order valence-corrected chi connectivity index (χ2v) is 5.78. The van der Waals surface area contributed by atoms with E-state index in [1.807, 2.05) is 43.9 Å². The van der Waals surface area contributed by atoms with E-state index in [1.54, 1.807) is 0 Å². The van der Waals surface area contributed by atoms with E-state index >= 15 is 0 Å². The van der Waals surface area contributed by atoms with Crippen LogP contribution in [0.4, 0.5) is 5.69 Å². The first-order chi connectivity index (χ1) is 9.46. The molecule has 0 bridgehead atoms. The van der Waals surface area contributed by atoms with Crippen LogP contribution in [0.5, 0.6) is 0 Å². The van der Waals surface area contributed by atoms with Gasteiger partial charge in [-0.25, -0.2) is 0 Å². The van der Waals surface area contributed by atoms with E-state index in [2.05, 4.69) is 27.3 Å². The number of benzene rings is 1. The first-order valence-corrected chi connectivity index (χ1v) is 7.43. The highest BCUT2D eigenvalue weighted by molar-refractivity contribution is 9.10. The molecule has 20 heavy (non-hydrogen) atoms. The number of likely N-dealkylation sites (N-methyl/N-ethyl adjacent to an activating group) is 1. The summed E-state index contributed by atoms with van der Waals surface area (Å²) in [4.78, 5) is 14.0. The minimum atomic E-state index is -0.0721. The largest absolute Gasteiger partial charge is 0.325 e. The lowest BCUT2D eigenvalue weighted by Gasteiger charge is -2.21. The topological polar surface area (TPSA) is 56.1 Å². The zero-order chi connectivity index (χ0) is 15.1. The Balaban J connectivity index is 2.60. The van der Waals surface area contributed by atoms with E-state index in [0.717, 1.165) is 22.3 Å². The summed E-state index contributed by atoms with van der Waals surface area (Å²) in [5, 5.41) is 11.7. The van der Waals surface area contributed by atoms with Gasteiger partial charge in [-0.15, -0.1) is 0 Å². The number of aryl methyl sites for hydroxylation is 1. The average molecular weight is 338 g/mol. The van der Waals surface area contributed by atoms with Crippen LogP contribution in [0.2, 0.25) is 0 Å². The van der Waals surface area contributed by atoms with Crippen molar-refractivity contribution in [3.8, 4) is 6.07 Å². The number of halogens is 1. The van der Waals surface area contributed by atoms with Crippen molar-refractivity contribution in [2.24, 2.45) is 5.92 Å². The molecule has 5 heteroatoms. The first-order valence-electron chi connectivity index (χ1n) is 6.64. The van der Waals surface area contributed by atoms with Crippen LogP contribution in [-0.4, -0.2) is 30.4 Å². The molecule has 0 fully saturated rings. The van der Waals surface area contributed by atoms with Crippen molar-refractivity contribution in [2.75, 3.05) is 25.0 Å². The number of hydrogen-bond acceptors (Lipinski definition) is 3. The molecular formula is C15H20BrN3O. The van der Waals surface area contributed by atoms with Gasteiger partial charge in [0.2, 0.25) is 5.91 Å². The number of amides is 1. The zero-order valence-corrected chi connectivity index (χ0v) is 13.7. The molecule has 0 aliphatic rings. The highest BCUT2D eigenvalue weighted by atomic mass is 79.9. The van der Waals surface area contributed by atoms with E-state index in [-0.39, 0.29) is 11.8 Å². The van der Waals surface area contributed by atoms with Crippen molar-refractivity contribution >= 4 is 27.5 Å². The van der Waals surface area contributed by atoms with E-state index in [0.29, 0.717) is 13.1 Å². The molecule has 0 radical (unpaired) electrons. The lowest BCUT2D eigenvalue weighted by molar-refractivity contribution is -0.117. The Morgan fingerprint density at radius 1 is 1.55 bits per heavy atom. The summed E-state index contributed by atoms with van der Waals surface area (Å²) in [6.07, 6.45) is 0. The maximum Gasteiger partial charge on any atom is 0.238 e. The fourth-order valence-electron chi connectivity index (χ4n) is 1.89. The van der Waals surface area contributed by atoms with Gasteiger partial charge in [-0.1, -0.05) is 22.9 Å². The summed E-state index contributed by atoms with van der Waals surface area (Å²) in [7, 11) is 0. The summed E-state index contributed by atoms with van der Waals surface area (Å²) in [6, 6.07) is 7.93. The smallest absolute Gasteiger partial charge is 0.238 e. The van der Waals surface area contributed by atoms with Crippen molar-refractivity contribution in [1.29, 1.82) is 5.26 Å². The van der Waals surface area contributed by atoms with Crippen LogP contribution in [0, 0.1) is 24.2 Å². The van der Waals surface area contributed by atoms with Crippen molar-refractivity contribution in [1.82, 2.24) is 4.90 Å². The van der Waals surface area contributed by atoms with Gasteiger partial charge in [0, 0.05) is 16.7 Å². The molecule has 4 nitrogen and oxygen atoms in total. The third-order valence-corrected chi connectivity index (χ3v) is 3.52. The Labute approximate surface area is 128 Å². The SMILES string of the molecule is CCN(CC(=O)Nc1ccc(Br)cc1C)CC(C)C#N. The Hall–Kier alpha value is -1.38.